The molecule has 4 rings (SSSR count). The molecule has 7 nitrogen and oxygen atoms in total. The van der Waals surface area contributed by atoms with Gasteiger partial charge in [-0.2, -0.15) is 0 Å². The first kappa shape index (κ1) is 21.3. The van der Waals surface area contributed by atoms with Crippen molar-refractivity contribution in [3.63, 3.8) is 0 Å². The molecule has 0 aliphatic carbocycles. The molecule has 2 aromatic carbocycles. The molecule has 2 aromatic rings. The zero-order chi connectivity index (χ0) is 21.8. The van der Waals surface area contributed by atoms with Crippen LogP contribution in [0.2, 0.25) is 0 Å². The number of anilines is 1. The van der Waals surface area contributed by atoms with Gasteiger partial charge in [0, 0.05) is 44.4 Å². The number of rotatable bonds is 6. The molecule has 2 aliphatic rings. The van der Waals surface area contributed by atoms with Gasteiger partial charge in [0.1, 0.15) is 5.75 Å². The van der Waals surface area contributed by atoms with Gasteiger partial charge in [-0.1, -0.05) is 12.1 Å². The number of ether oxygens (including phenoxy) is 2. The van der Waals surface area contributed by atoms with Crippen LogP contribution in [0.5, 0.6) is 5.75 Å². The second-order valence-electron chi connectivity index (χ2n) is 7.91. The minimum absolute atomic E-state index is 0.0313. The quantitative estimate of drug-likeness (QED) is 0.773. The first-order valence-corrected chi connectivity index (χ1v) is 10.7. The zero-order valence-corrected chi connectivity index (χ0v) is 18.1. The third-order valence-electron chi connectivity index (χ3n) is 6.06. The Morgan fingerprint density at radius 1 is 1.10 bits per heavy atom. The molecule has 0 saturated carbocycles. The van der Waals surface area contributed by atoms with Gasteiger partial charge in [0.2, 0.25) is 5.91 Å². The van der Waals surface area contributed by atoms with E-state index in [2.05, 4.69) is 22.3 Å². The van der Waals surface area contributed by atoms with E-state index in [-0.39, 0.29) is 17.9 Å². The molecule has 2 amide bonds. The molecule has 0 unspecified atom stereocenters. The summed E-state index contributed by atoms with van der Waals surface area (Å²) in [6, 6.07) is 13.6. The Hall–Kier alpha value is -2.90. The summed E-state index contributed by atoms with van der Waals surface area (Å²) in [5.41, 5.74) is 3.71. The number of methoxy groups -OCH3 is 1. The number of fused-ring (bicyclic) bond motifs is 1. The average Bonchev–Trinajstić information content (AvgIpc) is 3.24. The van der Waals surface area contributed by atoms with Gasteiger partial charge in [-0.15, -0.1) is 0 Å². The van der Waals surface area contributed by atoms with Crippen molar-refractivity contribution in [2.45, 2.75) is 19.4 Å². The van der Waals surface area contributed by atoms with Gasteiger partial charge in [0.15, 0.2) is 0 Å². The number of benzene rings is 2. The van der Waals surface area contributed by atoms with Gasteiger partial charge < -0.3 is 19.7 Å². The second-order valence-corrected chi connectivity index (χ2v) is 7.91. The third kappa shape index (κ3) is 4.73. The van der Waals surface area contributed by atoms with Crippen LogP contribution in [-0.4, -0.2) is 63.2 Å². The van der Waals surface area contributed by atoms with Crippen molar-refractivity contribution in [3.8, 4) is 5.75 Å². The van der Waals surface area contributed by atoms with Gasteiger partial charge in [0.25, 0.3) is 5.91 Å². The van der Waals surface area contributed by atoms with Crippen LogP contribution in [-0.2, 0) is 16.0 Å². The van der Waals surface area contributed by atoms with Gasteiger partial charge in [-0.25, -0.2) is 0 Å². The number of hydrogen-bond donors (Lipinski definition) is 1. The normalized spacial score (nSPS) is 17.2. The molecule has 0 aromatic heterocycles. The Kier molecular flexibility index (Phi) is 6.53. The van der Waals surface area contributed by atoms with Crippen molar-refractivity contribution in [2.24, 2.45) is 0 Å². The topological polar surface area (TPSA) is 71.1 Å². The zero-order valence-electron chi connectivity index (χ0n) is 18.1. The highest BCUT2D eigenvalue weighted by atomic mass is 16.5. The summed E-state index contributed by atoms with van der Waals surface area (Å²) in [6.45, 7) is 5.78. The summed E-state index contributed by atoms with van der Waals surface area (Å²) in [5, 5.41) is 3.12. The molecule has 0 radical (unpaired) electrons. The van der Waals surface area contributed by atoms with Crippen LogP contribution in [0.1, 0.15) is 34.5 Å². The SMILES string of the molecule is COc1ccc([C@@H](CNC(=O)c2ccc3c(c2)CCN3C(C)=O)N2CCOCC2)cc1. The molecular formula is C24H29N3O4. The molecule has 31 heavy (non-hydrogen) atoms. The van der Waals surface area contributed by atoms with E-state index in [1.807, 2.05) is 24.3 Å². The molecule has 2 aliphatic heterocycles. The Labute approximate surface area is 182 Å². The number of hydrogen-bond acceptors (Lipinski definition) is 5. The minimum atomic E-state index is -0.101. The van der Waals surface area contributed by atoms with Crippen molar-refractivity contribution >= 4 is 17.5 Å². The van der Waals surface area contributed by atoms with Gasteiger partial charge in [0.05, 0.1) is 26.4 Å². The summed E-state index contributed by atoms with van der Waals surface area (Å²) < 4.78 is 10.8. The van der Waals surface area contributed by atoms with Crippen LogP contribution >= 0.6 is 0 Å². The standard InChI is InChI=1S/C24H29N3O4/c1-17(28)27-10-9-19-15-20(5-8-22(19)27)24(29)25-16-23(26-11-13-31-14-12-26)18-3-6-21(30-2)7-4-18/h3-8,15,23H,9-14,16H2,1-2H3,(H,25,29)/t23-/m1/s1. The van der Waals surface area contributed by atoms with Gasteiger partial charge in [-0.05, 0) is 47.9 Å². The van der Waals surface area contributed by atoms with E-state index in [1.54, 1.807) is 25.0 Å². The van der Waals surface area contributed by atoms with Crippen molar-refractivity contribution in [1.82, 2.24) is 10.2 Å². The van der Waals surface area contributed by atoms with Gasteiger partial charge >= 0.3 is 0 Å². The van der Waals surface area contributed by atoms with Crippen molar-refractivity contribution in [1.29, 1.82) is 0 Å². The molecule has 1 N–H and O–H groups in total. The monoisotopic (exact) mass is 423 g/mol. The predicted molar refractivity (Wildman–Crippen MR) is 119 cm³/mol. The summed E-state index contributed by atoms with van der Waals surface area (Å²) in [7, 11) is 1.65. The largest absolute Gasteiger partial charge is 0.497 e. The van der Waals surface area contributed by atoms with Crippen LogP contribution in [0.4, 0.5) is 5.69 Å². The maximum absolute atomic E-state index is 12.9. The lowest BCUT2D eigenvalue weighted by Crippen LogP contribution is -2.43. The highest BCUT2D eigenvalue weighted by Crippen LogP contribution is 2.29. The molecule has 164 valence electrons. The van der Waals surface area contributed by atoms with Crippen LogP contribution in [0.25, 0.3) is 0 Å². The molecular weight excluding hydrogens is 394 g/mol. The van der Waals surface area contributed by atoms with E-state index in [4.69, 9.17) is 9.47 Å². The van der Waals surface area contributed by atoms with E-state index >= 15 is 0 Å². The summed E-state index contributed by atoms with van der Waals surface area (Å²) in [6.07, 6.45) is 0.776. The van der Waals surface area contributed by atoms with Crippen molar-refractivity contribution in [2.75, 3.05) is 51.4 Å². The fraction of sp³-hybridized carbons (Fsp3) is 0.417. The van der Waals surface area contributed by atoms with Crippen molar-refractivity contribution < 1.29 is 19.1 Å². The molecule has 0 spiro atoms. The van der Waals surface area contributed by atoms with Gasteiger partial charge in [-0.3, -0.25) is 14.5 Å². The fourth-order valence-electron chi connectivity index (χ4n) is 4.33. The minimum Gasteiger partial charge on any atom is -0.497 e. The van der Waals surface area contributed by atoms with E-state index in [0.717, 1.165) is 42.1 Å². The van der Waals surface area contributed by atoms with E-state index < -0.39 is 0 Å². The van der Waals surface area contributed by atoms with E-state index in [1.165, 1.54) is 0 Å². The van der Waals surface area contributed by atoms with E-state index in [0.29, 0.717) is 31.9 Å². The number of morpholine rings is 1. The van der Waals surface area contributed by atoms with E-state index in [9.17, 15) is 9.59 Å². The Bertz CT molecular complexity index is 938. The third-order valence-corrected chi connectivity index (χ3v) is 6.06. The number of carbonyl (C=O) groups excluding carboxylic acids is 2. The average molecular weight is 424 g/mol. The molecule has 1 saturated heterocycles. The lowest BCUT2D eigenvalue weighted by molar-refractivity contribution is -0.116. The highest BCUT2D eigenvalue weighted by Gasteiger charge is 2.25. The lowest BCUT2D eigenvalue weighted by atomic mass is 10.0. The maximum Gasteiger partial charge on any atom is 0.251 e. The summed E-state index contributed by atoms with van der Waals surface area (Å²) in [4.78, 5) is 28.8. The summed E-state index contributed by atoms with van der Waals surface area (Å²) >= 11 is 0. The first-order valence-electron chi connectivity index (χ1n) is 10.7. The smallest absolute Gasteiger partial charge is 0.251 e. The molecule has 2 heterocycles. The predicted octanol–water partition coefficient (Wildman–Crippen LogP) is 2.41. The molecule has 1 atom stereocenters. The Balaban J connectivity index is 1.47. The Morgan fingerprint density at radius 3 is 2.52 bits per heavy atom. The molecule has 0 bridgehead atoms. The van der Waals surface area contributed by atoms with Crippen LogP contribution in [0.15, 0.2) is 42.5 Å². The molecule has 7 heteroatoms. The van der Waals surface area contributed by atoms with Crippen LogP contribution in [0.3, 0.4) is 0 Å². The van der Waals surface area contributed by atoms with Crippen LogP contribution < -0.4 is 15.0 Å². The summed E-state index contributed by atoms with van der Waals surface area (Å²) in [5.74, 6) is 0.742. The highest BCUT2D eigenvalue weighted by molar-refractivity contribution is 5.97. The Morgan fingerprint density at radius 2 is 1.84 bits per heavy atom. The maximum atomic E-state index is 12.9. The number of nitrogens with zero attached hydrogens (tertiary/aromatic N) is 2. The second kappa shape index (κ2) is 9.49. The van der Waals surface area contributed by atoms with Crippen molar-refractivity contribution in [3.05, 3.63) is 59.2 Å². The number of carbonyl (C=O) groups is 2. The number of nitrogens with one attached hydrogen (secondary N) is 1. The first-order chi connectivity index (χ1) is 15.1. The number of amides is 2. The fourth-order valence-corrected chi connectivity index (χ4v) is 4.33. The van der Waals surface area contributed by atoms with Crippen LogP contribution in [0, 0.1) is 0 Å². The lowest BCUT2D eigenvalue weighted by Gasteiger charge is -2.35. The molecule has 1 fully saturated rings.